The van der Waals surface area contributed by atoms with Gasteiger partial charge >= 0.3 is 11.9 Å². The highest BCUT2D eigenvalue weighted by molar-refractivity contribution is 5.70. The molecule has 0 spiro atoms. The first-order chi connectivity index (χ1) is 45.6. The Bertz CT molecular complexity index is 1810. The van der Waals surface area contributed by atoms with E-state index >= 15 is 0 Å². The van der Waals surface area contributed by atoms with Crippen LogP contribution in [-0.4, -0.2) is 82.3 Å². The molecule has 0 saturated heterocycles. The number of hydrogen-bond acceptors (Lipinski definition) is 8. The molecule has 0 heterocycles. The summed E-state index contributed by atoms with van der Waals surface area (Å²) >= 11 is 0. The average Bonchev–Trinajstić information content (AvgIpc) is 3.38. The summed E-state index contributed by atoms with van der Waals surface area (Å²) in [6.45, 7) is 4.68. The number of esters is 2. The minimum atomic E-state index is -1.62. The van der Waals surface area contributed by atoms with E-state index in [1.807, 2.05) is 21.1 Å². The van der Waals surface area contributed by atoms with Crippen molar-refractivity contribution in [3.63, 3.8) is 0 Å². The van der Waals surface area contributed by atoms with Crippen LogP contribution >= 0.6 is 0 Å². The highest BCUT2D eigenvalue weighted by Gasteiger charge is 2.22. The van der Waals surface area contributed by atoms with E-state index < -0.39 is 24.3 Å². The fraction of sp³-hybridized carbons (Fsp3) is 0.798. The maximum absolute atomic E-state index is 13.0. The third kappa shape index (κ3) is 75.7. The van der Waals surface area contributed by atoms with Gasteiger partial charge in [-0.2, -0.15) is 0 Å². The molecule has 0 aromatic rings. The number of hydrogen-bond donors (Lipinski definition) is 0. The van der Waals surface area contributed by atoms with Crippen LogP contribution in [0.3, 0.4) is 0 Å². The van der Waals surface area contributed by atoms with Crippen molar-refractivity contribution in [2.45, 2.75) is 386 Å². The second kappa shape index (κ2) is 74.3. The molecule has 0 radical (unpaired) electrons. The molecule has 9 nitrogen and oxygen atoms in total. The van der Waals surface area contributed by atoms with E-state index in [-0.39, 0.29) is 32.2 Å². The van der Waals surface area contributed by atoms with Gasteiger partial charge < -0.3 is 33.3 Å². The maximum Gasteiger partial charge on any atom is 0.306 e. The summed E-state index contributed by atoms with van der Waals surface area (Å²) in [6, 6.07) is 0. The highest BCUT2D eigenvalue weighted by atomic mass is 16.7. The van der Waals surface area contributed by atoms with Crippen molar-refractivity contribution in [1.29, 1.82) is 0 Å². The third-order valence-electron chi connectivity index (χ3n) is 17.6. The minimum absolute atomic E-state index is 0.149. The van der Waals surface area contributed by atoms with Crippen molar-refractivity contribution in [3.05, 3.63) is 85.1 Å². The van der Waals surface area contributed by atoms with E-state index in [9.17, 15) is 19.5 Å². The molecule has 0 amide bonds. The lowest BCUT2D eigenvalue weighted by atomic mass is 10.0. The normalized spacial score (nSPS) is 13.1. The van der Waals surface area contributed by atoms with Crippen LogP contribution < -0.4 is 5.11 Å². The maximum atomic E-state index is 13.0. The Balaban J connectivity index is 3.96. The molecule has 0 aliphatic carbocycles. The molecule has 0 fully saturated rings. The van der Waals surface area contributed by atoms with Crippen molar-refractivity contribution in [2.24, 2.45) is 0 Å². The monoisotopic (exact) mass is 1300 g/mol. The van der Waals surface area contributed by atoms with Crippen LogP contribution in [0.25, 0.3) is 0 Å². The molecule has 2 atom stereocenters. The Morgan fingerprint density at radius 2 is 0.613 bits per heavy atom. The SMILES string of the molecule is CC/C=C\C/C=C\C/C=C\C/C=C\C/C=C\CCCCCCCCCCCCCCCCCCCCCCCCCCCC(=O)OC(COC(=O)CCCCCCCCCCCCCCCCC/C=C\C/C=C\CCCCCCC)COC(OCC[N+](C)(C)C)C(=O)[O-]. The van der Waals surface area contributed by atoms with Crippen LogP contribution in [0.4, 0.5) is 0 Å². The van der Waals surface area contributed by atoms with Gasteiger partial charge in [0.2, 0.25) is 0 Å². The first-order valence-corrected chi connectivity index (χ1v) is 39.7. The summed E-state index contributed by atoms with van der Waals surface area (Å²) in [5.74, 6) is -2.26. The number of nitrogens with zero attached hydrogens (tertiary/aromatic N) is 1. The Kier molecular flexibility index (Phi) is 71.4. The summed E-state index contributed by atoms with van der Waals surface area (Å²) in [7, 11) is 5.95. The number of aliphatic carboxylic acids is 1. The van der Waals surface area contributed by atoms with Gasteiger partial charge in [0.1, 0.15) is 13.2 Å². The number of likely N-dealkylation sites (N-methyl/N-ethyl adjacent to an activating group) is 1. The van der Waals surface area contributed by atoms with E-state index in [1.165, 1.54) is 270 Å². The fourth-order valence-corrected chi connectivity index (χ4v) is 11.6. The molecule has 0 aliphatic heterocycles. The molecule has 0 N–H and O–H groups in total. The predicted octanol–water partition coefficient (Wildman–Crippen LogP) is 24.0. The zero-order valence-corrected chi connectivity index (χ0v) is 61.9. The highest BCUT2D eigenvalue weighted by Crippen LogP contribution is 2.19. The molecule has 0 rings (SSSR count). The van der Waals surface area contributed by atoms with Crippen molar-refractivity contribution in [3.8, 4) is 0 Å². The lowest BCUT2D eigenvalue weighted by Gasteiger charge is -2.26. The van der Waals surface area contributed by atoms with E-state index in [0.29, 0.717) is 23.9 Å². The smallest absolute Gasteiger partial charge is 0.306 e. The molecule has 0 aromatic carbocycles. The van der Waals surface area contributed by atoms with Gasteiger partial charge in [-0.25, -0.2) is 0 Å². The second-order valence-corrected chi connectivity index (χ2v) is 28.0. The number of carboxylic acid groups (broad SMARTS) is 1. The van der Waals surface area contributed by atoms with Crippen LogP contribution in [0.1, 0.15) is 373 Å². The minimum Gasteiger partial charge on any atom is -0.545 e. The summed E-state index contributed by atoms with van der Waals surface area (Å²) < 4.78 is 22.9. The first-order valence-electron chi connectivity index (χ1n) is 39.7. The van der Waals surface area contributed by atoms with Crippen LogP contribution in [0.5, 0.6) is 0 Å². The van der Waals surface area contributed by atoms with Gasteiger partial charge in [0, 0.05) is 12.8 Å². The van der Waals surface area contributed by atoms with Crippen molar-refractivity contribution >= 4 is 17.9 Å². The molecule has 0 saturated carbocycles. The van der Waals surface area contributed by atoms with Crippen molar-refractivity contribution in [1.82, 2.24) is 0 Å². The van der Waals surface area contributed by atoms with Gasteiger partial charge in [-0.05, 0) is 89.9 Å². The van der Waals surface area contributed by atoms with Gasteiger partial charge in [-0.15, -0.1) is 0 Å². The van der Waals surface area contributed by atoms with Crippen LogP contribution in [0.15, 0.2) is 85.1 Å². The third-order valence-corrected chi connectivity index (χ3v) is 17.6. The molecule has 0 aromatic heterocycles. The van der Waals surface area contributed by atoms with Crippen LogP contribution in [0.2, 0.25) is 0 Å². The standard InChI is InChI=1S/C84H151NO8/c1-6-8-10-12-14-16-18-20-22-24-26-28-30-32-34-35-36-37-38-39-40-41-42-43-44-45-46-47-49-51-53-55-57-59-61-63-65-67-69-71-73-75-82(87)93-80(79-92-84(83(88)89)90-77-76-85(3,4)5)78-91-81(86)74-72-70-68-66-64-62-60-58-56-54-52-50-48-33-31-29-27-25-23-21-19-17-15-13-11-9-7-2/h8,10,14,16,19-22,25-28,32,34,80,84H,6-7,9,11-13,15,17-18,23-24,29-31,33,35-79H2,1-5H3/b10-8-,16-14-,21-19-,22-20-,27-25-,28-26-,34-32-. The summed E-state index contributed by atoms with van der Waals surface area (Å²) in [4.78, 5) is 37.6. The van der Waals surface area contributed by atoms with Crippen LogP contribution in [-0.2, 0) is 33.3 Å². The molecule has 93 heavy (non-hydrogen) atoms. The number of ether oxygens (including phenoxy) is 4. The molecule has 9 heteroatoms. The van der Waals surface area contributed by atoms with Crippen LogP contribution in [0, 0.1) is 0 Å². The summed E-state index contributed by atoms with van der Waals surface area (Å²) in [5.41, 5.74) is 0. The fourth-order valence-electron chi connectivity index (χ4n) is 11.6. The summed E-state index contributed by atoms with van der Waals surface area (Å²) in [5, 5.41) is 11.9. The van der Waals surface area contributed by atoms with E-state index in [0.717, 1.165) is 70.6 Å². The van der Waals surface area contributed by atoms with Gasteiger partial charge in [-0.1, -0.05) is 356 Å². The van der Waals surface area contributed by atoms with Gasteiger partial charge in [-0.3, -0.25) is 9.59 Å². The zero-order chi connectivity index (χ0) is 67.5. The molecule has 0 aliphatic rings. The largest absolute Gasteiger partial charge is 0.545 e. The van der Waals surface area contributed by atoms with E-state index in [1.54, 1.807) is 0 Å². The molecular weight excluding hydrogens is 1150 g/mol. The molecule has 2 unspecified atom stereocenters. The number of carboxylic acids is 1. The lowest BCUT2D eigenvalue weighted by Crippen LogP contribution is -2.44. The predicted molar refractivity (Wildman–Crippen MR) is 398 cm³/mol. The summed E-state index contributed by atoms with van der Waals surface area (Å²) in [6.07, 6.45) is 98.5. The topological polar surface area (TPSA) is 111 Å². The zero-order valence-electron chi connectivity index (χ0n) is 61.9. The molecular formula is C84H151NO8. The number of allylic oxidation sites excluding steroid dienone is 14. The van der Waals surface area contributed by atoms with Crippen molar-refractivity contribution < 1.29 is 42.9 Å². The Morgan fingerprint density at radius 3 is 0.914 bits per heavy atom. The average molecular weight is 1300 g/mol. The van der Waals surface area contributed by atoms with Gasteiger partial charge in [0.05, 0.1) is 40.3 Å². The van der Waals surface area contributed by atoms with Gasteiger partial charge in [0.25, 0.3) is 0 Å². The molecule has 540 valence electrons. The first kappa shape index (κ1) is 89.5. The number of quaternary nitrogens is 1. The lowest BCUT2D eigenvalue weighted by molar-refractivity contribution is -0.870. The van der Waals surface area contributed by atoms with E-state index in [4.69, 9.17) is 18.9 Å². The van der Waals surface area contributed by atoms with E-state index in [2.05, 4.69) is 98.9 Å². The Hall–Kier alpha value is -3.53. The Morgan fingerprint density at radius 1 is 0.333 bits per heavy atom. The Labute approximate surface area is 576 Å². The number of carbonyl (C=O) groups excluding carboxylic acids is 3. The number of unbranched alkanes of at least 4 members (excludes halogenated alkanes) is 45. The quantitative estimate of drug-likeness (QED) is 0.0195. The van der Waals surface area contributed by atoms with Gasteiger partial charge in [0.15, 0.2) is 12.4 Å². The number of carbonyl (C=O) groups is 3. The second-order valence-electron chi connectivity index (χ2n) is 28.0. The van der Waals surface area contributed by atoms with Crippen molar-refractivity contribution in [2.75, 3.05) is 47.5 Å². The number of rotatable bonds is 74. The molecule has 0 bridgehead atoms.